The van der Waals surface area contributed by atoms with Gasteiger partial charge in [0.05, 0.1) is 17.8 Å². The predicted octanol–water partition coefficient (Wildman–Crippen LogP) is 2.35. The lowest BCUT2D eigenvalue weighted by Gasteiger charge is -2.63. The number of allylic oxidation sites excluding steroid dienone is 1. The molecule has 1 heterocycles. The van der Waals surface area contributed by atoms with Gasteiger partial charge in [-0.1, -0.05) is 26.0 Å². The first-order valence-corrected chi connectivity index (χ1v) is 10.8. The Morgan fingerprint density at radius 2 is 1.89 bits per heavy atom. The van der Waals surface area contributed by atoms with Gasteiger partial charge in [0.15, 0.2) is 0 Å². The van der Waals surface area contributed by atoms with E-state index in [9.17, 15) is 20.1 Å². The van der Waals surface area contributed by atoms with Gasteiger partial charge in [0.25, 0.3) is 0 Å². The van der Waals surface area contributed by atoms with E-state index in [2.05, 4.69) is 13.0 Å². The summed E-state index contributed by atoms with van der Waals surface area (Å²) in [4.78, 5) is 11.6. The first-order chi connectivity index (χ1) is 13.2. The predicted molar refractivity (Wildman–Crippen MR) is 103 cm³/mol. The summed E-state index contributed by atoms with van der Waals surface area (Å²) in [5.74, 6) is 0.405. The molecule has 0 radical (unpaired) electrons. The molecule has 1 aliphatic heterocycles. The van der Waals surface area contributed by atoms with Gasteiger partial charge in [-0.15, -0.1) is 0 Å². The average Bonchev–Trinajstić information content (AvgIpc) is 3.19. The van der Waals surface area contributed by atoms with Gasteiger partial charge in [-0.2, -0.15) is 0 Å². The molecule has 5 aliphatic rings. The maximum absolute atomic E-state index is 12.1. The van der Waals surface area contributed by atoms with E-state index in [-0.39, 0.29) is 41.8 Å². The van der Waals surface area contributed by atoms with E-state index in [0.29, 0.717) is 18.8 Å². The van der Waals surface area contributed by atoms with Gasteiger partial charge in [0.1, 0.15) is 6.61 Å². The van der Waals surface area contributed by atoms with E-state index in [1.807, 2.05) is 13.0 Å². The van der Waals surface area contributed by atoms with E-state index in [1.54, 1.807) is 6.08 Å². The number of rotatable bonds is 1. The summed E-state index contributed by atoms with van der Waals surface area (Å²) in [7, 11) is 0. The summed E-state index contributed by atoms with van der Waals surface area (Å²) in [6.45, 7) is 4.58. The number of fused-ring (bicyclic) bond motifs is 5. The maximum Gasteiger partial charge on any atom is 0.331 e. The van der Waals surface area contributed by atoms with Crippen molar-refractivity contribution in [3.05, 3.63) is 23.8 Å². The molecule has 3 N–H and O–H groups in total. The number of ether oxygens (including phenoxy) is 1. The quantitative estimate of drug-likeness (QED) is 0.474. The Kier molecular flexibility index (Phi) is 3.99. The fourth-order valence-electron chi connectivity index (χ4n) is 7.93. The third-order valence-corrected chi connectivity index (χ3v) is 9.58. The third kappa shape index (κ3) is 2.21. The molecule has 154 valence electrons. The van der Waals surface area contributed by atoms with E-state index in [4.69, 9.17) is 4.74 Å². The molecule has 4 aliphatic carbocycles. The van der Waals surface area contributed by atoms with Crippen LogP contribution in [0.3, 0.4) is 0 Å². The molecule has 5 heteroatoms. The molecule has 0 spiro atoms. The molecule has 5 nitrogen and oxygen atoms in total. The van der Waals surface area contributed by atoms with Gasteiger partial charge >= 0.3 is 5.97 Å². The Labute approximate surface area is 166 Å². The molecule has 0 aromatic rings. The number of esters is 1. The number of carbonyl (C=O) groups excluding carboxylic acids is 1. The smallest absolute Gasteiger partial charge is 0.331 e. The minimum atomic E-state index is -0.940. The average molecular weight is 389 g/mol. The van der Waals surface area contributed by atoms with Crippen molar-refractivity contribution >= 4 is 5.97 Å². The summed E-state index contributed by atoms with van der Waals surface area (Å²) in [5, 5.41) is 33.6. The minimum Gasteiger partial charge on any atom is -0.458 e. The fraction of sp³-hybridized carbons (Fsp3) is 0.783. The summed E-state index contributed by atoms with van der Waals surface area (Å²) < 4.78 is 5.15. The Morgan fingerprint density at radius 1 is 1.11 bits per heavy atom. The SMILES string of the molecule is C[C@]12C=C[C@H](O)C[C@H]1CC[C@@H]1[C@@H]2C[C@@H](O)[C@]2(C)[C@@H](C3=CC(=O)OC3)CC[C@]12O. The molecule has 0 unspecified atom stereocenters. The van der Waals surface area contributed by atoms with Crippen molar-refractivity contribution in [1.82, 2.24) is 0 Å². The van der Waals surface area contributed by atoms with Crippen LogP contribution in [0.15, 0.2) is 23.8 Å². The highest BCUT2D eigenvalue weighted by molar-refractivity contribution is 5.85. The lowest BCUT2D eigenvalue weighted by molar-refractivity contribution is -0.234. The molecule has 0 aromatic heterocycles. The topological polar surface area (TPSA) is 87.0 Å². The molecule has 0 amide bonds. The van der Waals surface area contributed by atoms with Crippen molar-refractivity contribution in [2.75, 3.05) is 6.61 Å². The molecule has 5 rings (SSSR count). The van der Waals surface area contributed by atoms with Gasteiger partial charge in [0, 0.05) is 11.5 Å². The van der Waals surface area contributed by atoms with E-state index < -0.39 is 17.1 Å². The zero-order valence-electron chi connectivity index (χ0n) is 16.8. The van der Waals surface area contributed by atoms with Crippen LogP contribution in [0.25, 0.3) is 0 Å². The van der Waals surface area contributed by atoms with Crippen LogP contribution in [0.1, 0.15) is 52.4 Å². The van der Waals surface area contributed by atoms with Crippen LogP contribution in [0.4, 0.5) is 0 Å². The zero-order chi connectivity index (χ0) is 19.9. The van der Waals surface area contributed by atoms with Crippen LogP contribution in [0.2, 0.25) is 0 Å². The zero-order valence-corrected chi connectivity index (χ0v) is 16.8. The van der Waals surface area contributed by atoms with Crippen molar-refractivity contribution < 1.29 is 24.9 Å². The van der Waals surface area contributed by atoms with E-state index in [0.717, 1.165) is 31.3 Å². The summed E-state index contributed by atoms with van der Waals surface area (Å²) >= 11 is 0. The largest absolute Gasteiger partial charge is 0.458 e. The second-order valence-corrected chi connectivity index (χ2v) is 10.4. The highest BCUT2D eigenvalue weighted by atomic mass is 16.5. The number of carbonyl (C=O) groups is 1. The highest BCUT2D eigenvalue weighted by Crippen LogP contribution is 2.69. The standard InChI is InChI=1S/C23H32O5/c1-21-7-5-15(24)10-14(21)3-4-17-18(21)11-19(25)22(2)16(6-8-23(17,22)27)13-9-20(26)28-12-13/h5,7,9,14-19,24-25,27H,3-4,6,8,10-12H2,1-2H3/t14-,15+,16-,17-,18+,19-,21+,22+,23+/m1/s1. The Bertz CT molecular complexity index is 758. The van der Waals surface area contributed by atoms with Crippen molar-refractivity contribution in [1.29, 1.82) is 0 Å². The fourth-order valence-corrected chi connectivity index (χ4v) is 7.93. The monoisotopic (exact) mass is 388 g/mol. The van der Waals surface area contributed by atoms with Gasteiger partial charge in [-0.3, -0.25) is 0 Å². The molecule has 3 fully saturated rings. The highest BCUT2D eigenvalue weighted by Gasteiger charge is 2.70. The normalized spacial score (nSPS) is 55.2. The van der Waals surface area contributed by atoms with Crippen molar-refractivity contribution in [2.24, 2.45) is 34.5 Å². The van der Waals surface area contributed by atoms with Crippen LogP contribution in [-0.4, -0.2) is 45.7 Å². The van der Waals surface area contributed by atoms with Crippen LogP contribution < -0.4 is 0 Å². The molecule has 0 saturated heterocycles. The molecule has 0 aromatic carbocycles. The Hall–Kier alpha value is -1.17. The van der Waals surface area contributed by atoms with E-state index in [1.165, 1.54) is 0 Å². The van der Waals surface area contributed by atoms with Crippen molar-refractivity contribution in [3.8, 4) is 0 Å². The van der Waals surface area contributed by atoms with Gasteiger partial charge in [-0.25, -0.2) is 4.79 Å². The number of hydrogen-bond donors (Lipinski definition) is 3. The summed E-state index contributed by atoms with van der Waals surface area (Å²) in [6.07, 6.45) is 9.46. The molecular weight excluding hydrogens is 356 g/mol. The summed E-state index contributed by atoms with van der Waals surface area (Å²) in [6, 6.07) is 0. The second kappa shape index (κ2) is 5.93. The van der Waals surface area contributed by atoms with Gasteiger partial charge < -0.3 is 20.1 Å². The number of aliphatic hydroxyl groups is 3. The van der Waals surface area contributed by atoms with Crippen LogP contribution in [0, 0.1) is 34.5 Å². The van der Waals surface area contributed by atoms with E-state index >= 15 is 0 Å². The van der Waals surface area contributed by atoms with Crippen LogP contribution in [0.5, 0.6) is 0 Å². The second-order valence-electron chi connectivity index (χ2n) is 10.4. The Balaban J connectivity index is 1.54. The molecular formula is C23H32O5. The van der Waals surface area contributed by atoms with Crippen molar-refractivity contribution in [2.45, 2.75) is 70.2 Å². The van der Waals surface area contributed by atoms with Gasteiger partial charge in [0.2, 0.25) is 0 Å². The third-order valence-electron chi connectivity index (χ3n) is 9.58. The van der Waals surface area contributed by atoms with Crippen LogP contribution in [-0.2, 0) is 9.53 Å². The maximum atomic E-state index is 12.1. The first-order valence-electron chi connectivity index (χ1n) is 10.8. The van der Waals surface area contributed by atoms with Crippen molar-refractivity contribution in [3.63, 3.8) is 0 Å². The number of aliphatic hydroxyl groups excluding tert-OH is 2. The van der Waals surface area contributed by atoms with Gasteiger partial charge in [-0.05, 0) is 73.2 Å². The number of hydrogen-bond acceptors (Lipinski definition) is 5. The minimum absolute atomic E-state index is 0.0193. The molecule has 0 bridgehead atoms. The van der Waals surface area contributed by atoms with Crippen LogP contribution >= 0.6 is 0 Å². The summed E-state index contributed by atoms with van der Waals surface area (Å²) in [5.41, 5.74) is -0.759. The lowest BCUT2D eigenvalue weighted by atomic mass is 9.43. The first kappa shape index (κ1) is 18.8. The lowest BCUT2D eigenvalue weighted by Crippen LogP contribution is -2.66. The number of cyclic esters (lactones) is 1. The molecule has 28 heavy (non-hydrogen) atoms. The molecule has 9 atom stereocenters. The molecule has 3 saturated carbocycles. The Morgan fingerprint density at radius 3 is 2.61 bits per heavy atom.